The molecule has 0 aromatic heterocycles. The van der Waals surface area contributed by atoms with Crippen LogP contribution in [0.15, 0.2) is 30.3 Å². The molecule has 1 saturated heterocycles. The van der Waals surface area contributed by atoms with Crippen LogP contribution in [0.4, 0.5) is 0 Å². The van der Waals surface area contributed by atoms with Crippen LogP contribution in [0.3, 0.4) is 0 Å². The molecule has 15 heteroatoms. The van der Waals surface area contributed by atoms with E-state index < -0.39 is 60.2 Å². The average molecular weight is 833 g/mol. The molecule has 9 atom stereocenters. The second-order valence-corrected chi connectivity index (χ2v) is 16.8. The zero-order valence-corrected chi connectivity index (χ0v) is 37.9. The number of benzene rings is 1. The number of ether oxygens (including phenoxy) is 3. The van der Waals surface area contributed by atoms with Crippen LogP contribution in [-0.4, -0.2) is 160 Å². The number of hydrogen-bond acceptors (Lipinski definition) is 10. The first kappa shape index (κ1) is 51.5. The summed E-state index contributed by atoms with van der Waals surface area (Å²) in [5.74, 6) is -3.39. The minimum atomic E-state index is -1.14. The number of aliphatic carboxylic acids is 1. The van der Waals surface area contributed by atoms with Crippen LogP contribution in [0.25, 0.3) is 0 Å². The van der Waals surface area contributed by atoms with Crippen LogP contribution in [0.2, 0.25) is 0 Å². The Morgan fingerprint density at radius 2 is 1.58 bits per heavy atom. The molecule has 1 aliphatic heterocycles. The molecular formula is C44H76N6O9. The molecule has 1 fully saturated rings. The van der Waals surface area contributed by atoms with Crippen molar-refractivity contribution in [3.8, 4) is 0 Å². The molecule has 1 aliphatic rings. The highest BCUT2D eigenvalue weighted by Crippen LogP contribution is 2.30. The SMILES string of the molecule is CC[C@H](C)[C@@H]([C@@H](CC(=O)N1CCC[C@H]1[C@H](OC)[C@@H](C)C(=O)N[C@@H](Cc1ccccc1)C(=O)O)OC)N(C)C(=O)[C@@H](NC(=O)[C@H](C(C)C)N(C)CCOCCNC)C(C)C. The molecule has 0 saturated carbocycles. The van der Waals surface area contributed by atoms with Gasteiger partial charge in [-0.3, -0.25) is 24.1 Å². The quantitative estimate of drug-likeness (QED) is 0.0959. The lowest BCUT2D eigenvalue weighted by Crippen LogP contribution is -2.60. The van der Waals surface area contributed by atoms with Crippen LogP contribution in [0.5, 0.6) is 0 Å². The third-order valence-electron chi connectivity index (χ3n) is 11.8. The summed E-state index contributed by atoms with van der Waals surface area (Å²) in [5, 5.41) is 18.7. The van der Waals surface area contributed by atoms with Crippen molar-refractivity contribution >= 4 is 29.6 Å². The van der Waals surface area contributed by atoms with Gasteiger partial charge in [-0.2, -0.15) is 0 Å². The fourth-order valence-corrected chi connectivity index (χ4v) is 8.27. The molecule has 0 unspecified atom stereocenters. The van der Waals surface area contributed by atoms with Crippen LogP contribution >= 0.6 is 0 Å². The lowest BCUT2D eigenvalue weighted by molar-refractivity contribution is -0.148. The van der Waals surface area contributed by atoms with Gasteiger partial charge < -0.3 is 45.1 Å². The van der Waals surface area contributed by atoms with Crippen molar-refractivity contribution in [3.05, 3.63) is 35.9 Å². The molecule has 1 aromatic rings. The Balaban J connectivity index is 2.25. The highest BCUT2D eigenvalue weighted by atomic mass is 16.5. The first-order valence-electron chi connectivity index (χ1n) is 21.4. The fourth-order valence-electron chi connectivity index (χ4n) is 8.27. The van der Waals surface area contributed by atoms with E-state index in [0.717, 1.165) is 12.1 Å². The topological polar surface area (TPSA) is 179 Å². The number of carboxylic acids is 1. The third kappa shape index (κ3) is 15.1. The molecule has 4 amide bonds. The van der Waals surface area contributed by atoms with Crippen LogP contribution in [-0.2, 0) is 44.6 Å². The van der Waals surface area contributed by atoms with Crippen molar-refractivity contribution in [3.63, 3.8) is 0 Å². The average Bonchev–Trinajstić information content (AvgIpc) is 3.68. The normalized spacial score (nSPS) is 18.5. The number of methoxy groups -OCH3 is 2. The van der Waals surface area contributed by atoms with E-state index in [1.807, 2.05) is 90.9 Å². The Labute approximate surface area is 353 Å². The third-order valence-corrected chi connectivity index (χ3v) is 11.8. The van der Waals surface area contributed by atoms with Gasteiger partial charge in [-0.25, -0.2) is 4.79 Å². The standard InChI is InChI=1S/C44H76N6O9/c1-13-30(6)39(49(10)43(54)37(28(2)3)47-42(53)38(29(4)5)48(9)23-25-59-24-21-45-8)35(57-11)27-36(51)50-22-17-20-34(50)40(58-12)31(7)41(52)46-33(44(55)56)26-32-18-15-14-16-19-32/h14-16,18-19,28-31,33-35,37-40,45H,13,17,20-27H2,1-12H3,(H,46,52)(H,47,53)(H,55,56)/t30-,31+,33-,34-,35+,37-,38-,39-,40+/m0/s1. The summed E-state index contributed by atoms with van der Waals surface area (Å²) in [6.07, 6.45) is 0.739. The van der Waals surface area contributed by atoms with Crippen molar-refractivity contribution in [2.75, 3.05) is 68.2 Å². The summed E-state index contributed by atoms with van der Waals surface area (Å²) >= 11 is 0. The Bertz CT molecular complexity index is 1450. The Hall–Kier alpha value is -3.63. The maximum Gasteiger partial charge on any atom is 0.326 e. The summed E-state index contributed by atoms with van der Waals surface area (Å²) < 4.78 is 17.6. The van der Waals surface area contributed by atoms with E-state index in [4.69, 9.17) is 14.2 Å². The molecule has 336 valence electrons. The lowest BCUT2D eigenvalue weighted by atomic mass is 9.89. The summed E-state index contributed by atoms with van der Waals surface area (Å²) in [6.45, 7) is 16.3. The monoisotopic (exact) mass is 833 g/mol. The molecule has 1 aromatic carbocycles. The highest BCUT2D eigenvalue weighted by molar-refractivity contribution is 5.90. The van der Waals surface area contributed by atoms with Gasteiger partial charge in [-0.1, -0.05) is 85.2 Å². The highest BCUT2D eigenvalue weighted by Gasteiger charge is 2.43. The number of carbonyl (C=O) groups is 5. The van der Waals surface area contributed by atoms with Crippen molar-refractivity contribution in [1.82, 2.24) is 30.7 Å². The number of likely N-dealkylation sites (N-methyl/N-ethyl adjacent to an activating group) is 3. The van der Waals surface area contributed by atoms with E-state index in [9.17, 15) is 29.1 Å². The van der Waals surface area contributed by atoms with Crippen molar-refractivity contribution in [2.45, 2.75) is 123 Å². The van der Waals surface area contributed by atoms with Gasteiger partial charge >= 0.3 is 5.97 Å². The van der Waals surface area contributed by atoms with Gasteiger partial charge in [-0.15, -0.1) is 0 Å². The summed E-state index contributed by atoms with van der Waals surface area (Å²) in [7, 11) is 8.51. The number of carboxylic acid groups (broad SMARTS) is 1. The number of nitrogens with zero attached hydrogens (tertiary/aromatic N) is 3. The van der Waals surface area contributed by atoms with E-state index in [-0.39, 0.29) is 48.3 Å². The van der Waals surface area contributed by atoms with Crippen LogP contribution in [0.1, 0.15) is 79.7 Å². The first-order chi connectivity index (χ1) is 27.9. The number of carbonyl (C=O) groups excluding carboxylic acids is 4. The van der Waals surface area contributed by atoms with E-state index >= 15 is 0 Å². The maximum absolute atomic E-state index is 14.4. The minimum absolute atomic E-state index is 0.0237. The van der Waals surface area contributed by atoms with E-state index in [2.05, 4.69) is 16.0 Å². The Kier molecular flexibility index (Phi) is 22.6. The van der Waals surface area contributed by atoms with Gasteiger partial charge in [0.25, 0.3) is 0 Å². The number of nitrogens with one attached hydrogen (secondary N) is 3. The molecule has 0 radical (unpaired) electrons. The van der Waals surface area contributed by atoms with Gasteiger partial charge in [0.05, 0.1) is 55.9 Å². The number of hydrogen-bond donors (Lipinski definition) is 4. The summed E-state index contributed by atoms with van der Waals surface area (Å²) in [6, 6.07) is 5.73. The predicted octanol–water partition coefficient (Wildman–Crippen LogP) is 3.05. The molecule has 2 rings (SSSR count). The van der Waals surface area contributed by atoms with Crippen LogP contribution < -0.4 is 16.0 Å². The smallest absolute Gasteiger partial charge is 0.326 e. The molecule has 59 heavy (non-hydrogen) atoms. The summed E-state index contributed by atoms with van der Waals surface area (Å²) in [4.78, 5) is 73.6. The first-order valence-corrected chi connectivity index (χ1v) is 21.4. The lowest BCUT2D eigenvalue weighted by Gasteiger charge is -2.41. The van der Waals surface area contributed by atoms with Gasteiger partial charge in [0.15, 0.2) is 0 Å². The van der Waals surface area contributed by atoms with Crippen molar-refractivity contribution < 1.29 is 43.3 Å². The Morgan fingerprint density at radius 3 is 2.12 bits per heavy atom. The van der Waals surface area contributed by atoms with E-state index in [1.54, 1.807) is 30.9 Å². The molecule has 0 aliphatic carbocycles. The largest absolute Gasteiger partial charge is 0.480 e. The number of rotatable bonds is 27. The maximum atomic E-state index is 14.4. The predicted molar refractivity (Wildman–Crippen MR) is 229 cm³/mol. The van der Waals surface area contributed by atoms with Gasteiger partial charge in [0, 0.05) is 47.3 Å². The molecule has 4 N–H and O–H groups in total. The molecule has 15 nitrogen and oxygen atoms in total. The minimum Gasteiger partial charge on any atom is -0.480 e. The zero-order valence-electron chi connectivity index (χ0n) is 37.9. The number of amides is 4. The second-order valence-electron chi connectivity index (χ2n) is 16.8. The van der Waals surface area contributed by atoms with Crippen LogP contribution in [0, 0.1) is 23.7 Å². The second kappa shape index (κ2) is 25.9. The number of likely N-dealkylation sites (tertiary alicyclic amines) is 1. The van der Waals surface area contributed by atoms with Gasteiger partial charge in [0.1, 0.15) is 12.1 Å². The van der Waals surface area contributed by atoms with Gasteiger partial charge in [-0.05, 0) is 50.3 Å². The molecule has 0 spiro atoms. The van der Waals surface area contributed by atoms with Crippen molar-refractivity contribution in [2.24, 2.45) is 23.7 Å². The zero-order chi connectivity index (χ0) is 44.4. The molecular weight excluding hydrogens is 757 g/mol. The fraction of sp³-hybridized carbons (Fsp3) is 0.750. The van der Waals surface area contributed by atoms with Gasteiger partial charge in [0.2, 0.25) is 23.6 Å². The molecule has 1 heterocycles. The van der Waals surface area contributed by atoms with E-state index in [0.29, 0.717) is 45.6 Å². The Morgan fingerprint density at radius 1 is 0.915 bits per heavy atom. The van der Waals surface area contributed by atoms with E-state index in [1.165, 1.54) is 7.11 Å². The van der Waals surface area contributed by atoms with Crippen molar-refractivity contribution in [1.29, 1.82) is 0 Å². The summed E-state index contributed by atoms with van der Waals surface area (Å²) in [5.41, 5.74) is 0.782. The molecule has 0 bridgehead atoms.